The second-order valence-electron chi connectivity index (χ2n) is 5.50. The molecule has 0 radical (unpaired) electrons. The Morgan fingerprint density at radius 2 is 1.25 bits per heavy atom. The first-order valence-electron chi connectivity index (χ1n) is 7.34. The van der Waals surface area contributed by atoms with Crippen molar-refractivity contribution in [3.05, 3.63) is 30.3 Å². The van der Waals surface area contributed by atoms with Crippen molar-refractivity contribution < 1.29 is 0 Å². The van der Waals surface area contributed by atoms with E-state index in [4.69, 9.17) is 0 Å². The molecule has 2 saturated heterocycles. The van der Waals surface area contributed by atoms with Gasteiger partial charge in [0.1, 0.15) is 8.07 Å². The first-order valence-corrected chi connectivity index (χ1v) is 14.2. The minimum absolute atomic E-state index is 0.849. The molecule has 2 aliphatic heterocycles. The molecule has 0 saturated carbocycles. The van der Waals surface area contributed by atoms with Crippen LogP contribution in [0.25, 0.3) is 0 Å². The van der Waals surface area contributed by atoms with Crippen LogP contribution in [0.1, 0.15) is 12.8 Å². The van der Waals surface area contributed by atoms with Crippen molar-refractivity contribution in [2.75, 3.05) is 23.0 Å². The first-order chi connectivity index (χ1) is 9.82. The van der Waals surface area contributed by atoms with Crippen LogP contribution in [0, 0.1) is 0 Å². The fourth-order valence-corrected chi connectivity index (χ4v) is 20.2. The van der Waals surface area contributed by atoms with Gasteiger partial charge in [-0.25, -0.2) is 0 Å². The summed E-state index contributed by atoms with van der Waals surface area (Å²) in [6.07, 6.45) is 2.80. The summed E-state index contributed by atoms with van der Waals surface area (Å²) in [4.78, 5) is 0. The van der Waals surface area contributed by atoms with Gasteiger partial charge in [0.05, 0.1) is 0 Å². The van der Waals surface area contributed by atoms with Gasteiger partial charge in [-0.15, -0.1) is 0 Å². The predicted molar refractivity (Wildman–Crippen MR) is 104 cm³/mol. The normalized spacial score (nSPS) is 22.9. The summed E-state index contributed by atoms with van der Waals surface area (Å²) in [6.45, 7) is 2.66. The molecule has 0 atom stereocenters. The Balaban J connectivity index is 1.92. The highest BCUT2D eigenvalue weighted by Crippen LogP contribution is 2.46. The van der Waals surface area contributed by atoms with E-state index >= 15 is 0 Å². The third-order valence-electron chi connectivity index (χ3n) is 4.03. The Kier molecular flexibility index (Phi) is 5.82. The van der Waals surface area contributed by atoms with E-state index in [1.807, 2.05) is 0 Å². The molecule has 0 aromatic heterocycles. The molecule has 2 heterocycles. The van der Waals surface area contributed by atoms with Crippen molar-refractivity contribution in [2.24, 2.45) is 0 Å². The summed E-state index contributed by atoms with van der Waals surface area (Å²) in [5.41, 5.74) is 0. The molecule has 1 aromatic carbocycles. The zero-order valence-electron chi connectivity index (χ0n) is 11.9. The van der Waals surface area contributed by atoms with E-state index in [1.165, 1.54) is 35.9 Å². The monoisotopic (exact) mass is 358 g/mol. The van der Waals surface area contributed by atoms with Gasteiger partial charge in [0.25, 0.3) is 0 Å². The smallest absolute Gasteiger partial charge is 0.133 e. The molecule has 2 aliphatic rings. The molecule has 5 heteroatoms. The number of hydrogen-bond acceptors (Lipinski definition) is 4. The van der Waals surface area contributed by atoms with Crippen LogP contribution in [0.2, 0.25) is 6.55 Å². The minimum Gasteiger partial charge on any atom is -0.150 e. The van der Waals surface area contributed by atoms with Crippen molar-refractivity contribution in [3.63, 3.8) is 0 Å². The van der Waals surface area contributed by atoms with E-state index in [2.05, 4.69) is 83.9 Å². The van der Waals surface area contributed by atoms with Gasteiger partial charge >= 0.3 is 0 Å². The van der Waals surface area contributed by atoms with E-state index in [-0.39, 0.29) is 0 Å². The van der Waals surface area contributed by atoms with Gasteiger partial charge in [-0.3, -0.25) is 0 Å². The van der Waals surface area contributed by atoms with Crippen molar-refractivity contribution >= 4 is 60.3 Å². The molecule has 1 aromatic rings. The zero-order chi connectivity index (χ0) is 13.8. The lowest BCUT2D eigenvalue weighted by Crippen LogP contribution is -2.60. The van der Waals surface area contributed by atoms with Crippen LogP contribution in [-0.2, 0) is 0 Å². The average Bonchev–Trinajstić information content (AvgIpc) is 2.56. The Labute approximate surface area is 141 Å². The van der Waals surface area contributed by atoms with E-state index in [0.717, 1.165) is 8.41 Å². The number of benzene rings is 1. The van der Waals surface area contributed by atoms with Crippen LogP contribution < -0.4 is 5.19 Å². The lowest BCUT2D eigenvalue weighted by molar-refractivity contribution is 1.11. The molecule has 2 fully saturated rings. The fraction of sp³-hybridized carbons (Fsp3) is 0.600. The van der Waals surface area contributed by atoms with E-state index in [0.29, 0.717) is 0 Å². The lowest BCUT2D eigenvalue weighted by Gasteiger charge is -2.43. The second kappa shape index (κ2) is 7.40. The van der Waals surface area contributed by atoms with E-state index in [9.17, 15) is 0 Å². The molecular weight excluding hydrogens is 337 g/mol. The third-order valence-corrected chi connectivity index (χ3v) is 20.4. The van der Waals surface area contributed by atoms with Gasteiger partial charge in [-0.05, 0) is 35.9 Å². The summed E-state index contributed by atoms with van der Waals surface area (Å²) in [7, 11) is -1.47. The SMILES string of the molecule is C[Si](c1ccccc1)(C1SCCCS1)C1SCCCS1. The molecule has 20 heavy (non-hydrogen) atoms. The van der Waals surface area contributed by atoms with Crippen molar-refractivity contribution in [3.8, 4) is 0 Å². The van der Waals surface area contributed by atoms with E-state index < -0.39 is 8.07 Å². The van der Waals surface area contributed by atoms with Crippen molar-refractivity contribution in [1.29, 1.82) is 0 Å². The largest absolute Gasteiger partial charge is 0.150 e. The molecule has 110 valence electrons. The minimum atomic E-state index is -1.47. The molecule has 0 aliphatic carbocycles. The lowest BCUT2D eigenvalue weighted by atomic mass is 10.4. The van der Waals surface area contributed by atoms with Crippen molar-refractivity contribution in [2.45, 2.75) is 27.8 Å². The summed E-state index contributed by atoms with van der Waals surface area (Å²) >= 11 is 9.03. The molecule has 0 spiro atoms. The fourth-order valence-electron chi connectivity index (χ4n) is 2.85. The van der Waals surface area contributed by atoms with E-state index in [1.54, 1.807) is 5.19 Å². The summed E-state index contributed by atoms with van der Waals surface area (Å²) in [5, 5.41) is 1.68. The maximum atomic E-state index is 2.66. The summed E-state index contributed by atoms with van der Waals surface area (Å²) in [6, 6.07) is 11.5. The molecular formula is C15H22S4Si. The Morgan fingerprint density at radius 3 is 1.70 bits per heavy atom. The first kappa shape index (κ1) is 15.7. The number of hydrogen-bond donors (Lipinski definition) is 0. The molecule has 0 unspecified atom stereocenters. The van der Waals surface area contributed by atoms with Gasteiger partial charge in [0.2, 0.25) is 0 Å². The summed E-state index contributed by atoms with van der Waals surface area (Å²) in [5.74, 6) is 5.48. The maximum absolute atomic E-state index is 2.66. The zero-order valence-corrected chi connectivity index (χ0v) is 16.2. The van der Waals surface area contributed by atoms with Gasteiger partial charge in [0.15, 0.2) is 0 Å². The standard InChI is InChI=1S/C15H22S4Si/c1-20(13-7-3-2-4-8-13,14-16-9-5-10-17-14)15-18-11-6-12-19-15/h2-4,7-8,14-15H,5-6,9-12H2,1H3. The average molecular weight is 359 g/mol. The van der Waals surface area contributed by atoms with Crippen LogP contribution in [0.15, 0.2) is 30.3 Å². The van der Waals surface area contributed by atoms with Gasteiger partial charge in [-0.2, -0.15) is 47.0 Å². The summed E-state index contributed by atoms with van der Waals surface area (Å²) < 4.78 is 1.70. The molecule has 0 N–H and O–H groups in total. The molecule has 3 rings (SSSR count). The Morgan fingerprint density at radius 1 is 0.800 bits per heavy atom. The Bertz CT molecular complexity index is 395. The van der Waals surface area contributed by atoms with Gasteiger partial charge in [0, 0.05) is 8.41 Å². The Hall–Kier alpha value is 0.837. The maximum Gasteiger partial charge on any atom is 0.133 e. The van der Waals surface area contributed by atoms with Gasteiger partial charge < -0.3 is 0 Å². The van der Waals surface area contributed by atoms with Gasteiger partial charge in [-0.1, -0.05) is 42.1 Å². The second-order valence-corrected chi connectivity index (χ2v) is 16.9. The molecule has 0 bridgehead atoms. The molecule has 0 nitrogen and oxygen atoms in total. The third kappa shape index (κ3) is 3.27. The topological polar surface area (TPSA) is 0 Å². The van der Waals surface area contributed by atoms with Crippen LogP contribution in [0.4, 0.5) is 0 Å². The number of rotatable bonds is 3. The quantitative estimate of drug-likeness (QED) is 0.732. The highest BCUT2D eigenvalue weighted by Gasteiger charge is 2.47. The van der Waals surface area contributed by atoms with Crippen LogP contribution in [0.5, 0.6) is 0 Å². The predicted octanol–water partition coefficient (Wildman–Crippen LogP) is 4.44. The number of thioether (sulfide) groups is 4. The van der Waals surface area contributed by atoms with Crippen molar-refractivity contribution in [1.82, 2.24) is 0 Å². The van der Waals surface area contributed by atoms with Crippen LogP contribution in [-0.4, -0.2) is 39.5 Å². The molecule has 0 amide bonds. The highest BCUT2D eigenvalue weighted by molar-refractivity contribution is 8.24. The highest BCUT2D eigenvalue weighted by atomic mass is 32.2. The van der Waals surface area contributed by atoms with Crippen LogP contribution >= 0.6 is 47.0 Å². The van der Waals surface area contributed by atoms with Crippen LogP contribution in [0.3, 0.4) is 0 Å².